The summed E-state index contributed by atoms with van der Waals surface area (Å²) in [4.78, 5) is 13.1. The van der Waals surface area contributed by atoms with Gasteiger partial charge in [-0.2, -0.15) is 0 Å². The van der Waals surface area contributed by atoms with Crippen molar-refractivity contribution < 1.29 is 14.6 Å². The number of benzene rings is 1. The second-order valence-electron chi connectivity index (χ2n) is 5.72. The molecule has 1 aromatic rings. The molecule has 0 heterocycles. The van der Waals surface area contributed by atoms with Gasteiger partial charge in [-0.15, -0.1) is 0 Å². The van der Waals surface area contributed by atoms with Gasteiger partial charge >= 0.3 is 0 Å². The Morgan fingerprint density at radius 3 is 2.50 bits per heavy atom. The average molecular weight is 308 g/mol. The van der Waals surface area contributed by atoms with Gasteiger partial charge < -0.3 is 20.1 Å². The lowest BCUT2D eigenvalue weighted by Crippen LogP contribution is -2.39. The topological polar surface area (TPSA) is 61.8 Å². The molecule has 1 aromatic carbocycles. The zero-order valence-electron chi connectivity index (χ0n) is 14.1. The first-order chi connectivity index (χ1) is 10.4. The molecule has 5 nitrogen and oxygen atoms in total. The van der Waals surface area contributed by atoms with Crippen LogP contribution in [0.5, 0.6) is 5.75 Å². The van der Waals surface area contributed by atoms with E-state index in [2.05, 4.69) is 5.32 Å². The van der Waals surface area contributed by atoms with Crippen molar-refractivity contribution in [3.05, 3.63) is 29.8 Å². The SMILES string of the molecule is CCC(O)(CC)CNCc1ccccc1OCC(=O)N(C)C. The Balaban J connectivity index is 2.59. The number of amides is 1. The molecule has 1 amide bonds. The minimum atomic E-state index is -0.670. The molecule has 0 radical (unpaired) electrons. The van der Waals surface area contributed by atoms with Gasteiger partial charge in [0.05, 0.1) is 5.60 Å². The summed E-state index contributed by atoms with van der Waals surface area (Å²) in [6.45, 7) is 5.11. The van der Waals surface area contributed by atoms with Crippen LogP contribution in [0.15, 0.2) is 24.3 Å². The van der Waals surface area contributed by atoms with E-state index in [4.69, 9.17) is 4.74 Å². The van der Waals surface area contributed by atoms with E-state index < -0.39 is 5.60 Å². The summed E-state index contributed by atoms with van der Waals surface area (Å²) in [5.74, 6) is 0.621. The van der Waals surface area contributed by atoms with Gasteiger partial charge in [0.25, 0.3) is 5.91 Å². The summed E-state index contributed by atoms with van der Waals surface area (Å²) in [7, 11) is 3.41. The second kappa shape index (κ2) is 8.76. The number of ether oxygens (including phenoxy) is 1. The Morgan fingerprint density at radius 2 is 1.91 bits per heavy atom. The molecule has 0 spiro atoms. The molecular weight excluding hydrogens is 280 g/mol. The van der Waals surface area contributed by atoms with Crippen LogP contribution >= 0.6 is 0 Å². The predicted molar refractivity (Wildman–Crippen MR) is 87.9 cm³/mol. The van der Waals surface area contributed by atoms with Crippen LogP contribution in [0.4, 0.5) is 0 Å². The highest BCUT2D eigenvalue weighted by Crippen LogP contribution is 2.19. The lowest BCUT2D eigenvalue weighted by molar-refractivity contribution is -0.130. The number of hydrogen-bond donors (Lipinski definition) is 2. The molecule has 0 aliphatic rings. The number of nitrogens with zero attached hydrogens (tertiary/aromatic N) is 1. The zero-order valence-corrected chi connectivity index (χ0v) is 14.1. The first kappa shape index (κ1) is 18.5. The number of aliphatic hydroxyl groups is 1. The number of nitrogens with one attached hydrogen (secondary N) is 1. The maximum absolute atomic E-state index is 11.6. The van der Waals surface area contributed by atoms with Crippen LogP contribution in [-0.4, -0.2) is 48.8 Å². The van der Waals surface area contributed by atoms with Crippen LogP contribution in [0.2, 0.25) is 0 Å². The van der Waals surface area contributed by atoms with Crippen molar-refractivity contribution in [3.63, 3.8) is 0 Å². The first-order valence-corrected chi connectivity index (χ1v) is 7.76. The van der Waals surface area contributed by atoms with E-state index in [0.29, 0.717) is 31.7 Å². The third-order valence-corrected chi connectivity index (χ3v) is 3.91. The van der Waals surface area contributed by atoms with E-state index in [0.717, 1.165) is 5.56 Å². The zero-order chi connectivity index (χ0) is 16.6. The fourth-order valence-electron chi connectivity index (χ4n) is 1.99. The van der Waals surface area contributed by atoms with Crippen LogP contribution < -0.4 is 10.1 Å². The monoisotopic (exact) mass is 308 g/mol. The van der Waals surface area contributed by atoms with Crippen molar-refractivity contribution in [1.82, 2.24) is 10.2 Å². The second-order valence-corrected chi connectivity index (χ2v) is 5.72. The Morgan fingerprint density at radius 1 is 1.27 bits per heavy atom. The van der Waals surface area contributed by atoms with E-state index in [1.165, 1.54) is 4.90 Å². The summed E-state index contributed by atoms with van der Waals surface area (Å²) in [5, 5.41) is 13.5. The minimum absolute atomic E-state index is 0.0257. The molecule has 0 saturated carbocycles. The fraction of sp³-hybridized carbons (Fsp3) is 0.588. The standard InChI is InChI=1S/C17H28N2O3/c1-5-17(21,6-2)13-18-11-14-9-7-8-10-15(14)22-12-16(20)19(3)4/h7-10,18,21H,5-6,11-13H2,1-4H3. The molecule has 0 aromatic heterocycles. The lowest BCUT2D eigenvalue weighted by atomic mass is 9.97. The number of para-hydroxylation sites is 1. The van der Waals surface area contributed by atoms with Crippen molar-refractivity contribution in [3.8, 4) is 5.75 Å². The maximum Gasteiger partial charge on any atom is 0.259 e. The number of hydrogen-bond acceptors (Lipinski definition) is 4. The molecule has 2 N–H and O–H groups in total. The number of rotatable bonds is 9. The number of carbonyl (C=O) groups is 1. The molecule has 0 fully saturated rings. The summed E-state index contributed by atoms with van der Waals surface area (Å²) in [6, 6.07) is 7.63. The normalized spacial score (nSPS) is 11.3. The Kier molecular flexibility index (Phi) is 7.35. The molecule has 0 unspecified atom stereocenters. The summed E-state index contributed by atoms with van der Waals surface area (Å²) in [5.41, 5.74) is 0.306. The smallest absolute Gasteiger partial charge is 0.259 e. The highest BCUT2D eigenvalue weighted by atomic mass is 16.5. The first-order valence-electron chi connectivity index (χ1n) is 7.76. The van der Waals surface area contributed by atoms with Gasteiger partial charge in [0, 0.05) is 32.7 Å². The van der Waals surface area contributed by atoms with Crippen LogP contribution in [0, 0.1) is 0 Å². The molecule has 0 aliphatic heterocycles. The fourth-order valence-corrected chi connectivity index (χ4v) is 1.99. The highest BCUT2D eigenvalue weighted by Gasteiger charge is 2.21. The molecule has 0 atom stereocenters. The lowest BCUT2D eigenvalue weighted by Gasteiger charge is -2.25. The van der Waals surface area contributed by atoms with Crippen molar-refractivity contribution in [2.24, 2.45) is 0 Å². The minimum Gasteiger partial charge on any atom is -0.483 e. The Labute approximate surface area is 133 Å². The van der Waals surface area contributed by atoms with E-state index in [-0.39, 0.29) is 12.5 Å². The summed E-state index contributed by atoms with van der Waals surface area (Å²) >= 11 is 0. The predicted octanol–water partition coefficient (Wildman–Crippen LogP) is 1.79. The van der Waals surface area contributed by atoms with Crippen molar-refractivity contribution in [2.45, 2.75) is 38.8 Å². The van der Waals surface area contributed by atoms with Crippen LogP contribution in [0.1, 0.15) is 32.3 Å². The molecule has 0 aliphatic carbocycles. The molecule has 124 valence electrons. The van der Waals surface area contributed by atoms with Gasteiger partial charge in [0.15, 0.2) is 6.61 Å². The third kappa shape index (κ3) is 5.66. The molecule has 22 heavy (non-hydrogen) atoms. The van der Waals surface area contributed by atoms with E-state index in [1.54, 1.807) is 14.1 Å². The van der Waals surface area contributed by atoms with Crippen molar-refractivity contribution in [2.75, 3.05) is 27.2 Å². The van der Waals surface area contributed by atoms with Crippen LogP contribution in [0.25, 0.3) is 0 Å². The van der Waals surface area contributed by atoms with Gasteiger partial charge in [-0.3, -0.25) is 4.79 Å². The van der Waals surface area contributed by atoms with Gasteiger partial charge in [-0.05, 0) is 18.9 Å². The molecule has 5 heteroatoms. The average Bonchev–Trinajstić information content (AvgIpc) is 2.53. The van der Waals surface area contributed by atoms with Gasteiger partial charge in [-0.1, -0.05) is 32.0 Å². The van der Waals surface area contributed by atoms with Gasteiger partial charge in [-0.25, -0.2) is 0 Å². The Bertz CT molecular complexity index is 471. The number of likely N-dealkylation sites (N-methyl/N-ethyl adjacent to an activating group) is 1. The molecular formula is C17H28N2O3. The Hall–Kier alpha value is -1.59. The largest absolute Gasteiger partial charge is 0.483 e. The van der Waals surface area contributed by atoms with Crippen molar-refractivity contribution >= 4 is 5.91 Å². The van der Waals surface area contributed by atoms with E-state index in [9.17, 15) is 9.90 Å². The molecule has 0 saturated heterocycles. The quantitative estimate of drug-likeness (QED) is 0.730. The van der Waals surface area contributed by atoms with E-state index >= 15 is 0 Å². The van der Waals surface area contributed by atoms with Crippen molar-refractivity contribution in [1.29, 1.82) is 0 Å². The maximum atomic E-state index is 11.6. The summed E-state index contributed by atoms with van der Waals surface area (Å²) < 4.78 is 5.60. The van der Waals surface area contributed by atoms with Gasteiger partial charge in [0.1, 0.15) is 5.75 Å². The highest BCUT2D eigenvalue weighted by molar-refractivity contribution is 5.77. The molecule has 1 rings (SSSR count). The number of carbonyl (C=O) groups excluding carboxylic acids is 1. The van der Waals surface area contributed by atoms with Gasteiger partial charge in [0.2, 0.25) is 0 Å². The third-order valence-electron chi connectivity index (χ3n) is 3.91. The molecule has 0 bridgehead atoms. The summed E-state index contributed by atoms with van der Waals surface area (Å²) in [6.07, 6.45) is 1.43. The van der Waals surface area contributed by atoms with Crippen LogP contribution in [0.3, 0.4) is 0 Å². The van der Waals surface area contributed by atoms with E-state index in [1.807, 2.05) is 38.1 Å². The van der Waals surface area contributed by atoms with Crippen LogP contribution in [-0.2, 0) is 11.3 Å².